The highest BCUT2D eigenvalue weighted by atomic mass is 127. The number of benzene rings is 1. The van der Waals surface area contributed by atoms with Gasteiger partial charge >= 0.3 is 5.97 Å². The zero-order chi connectivity index (χ0) is 11.6. The molecule has 0 unspecified atom stereocenters. The molecule has 0 heterocycles. The third kappa shape index (κ3) is 2.77. The van der Waals surface area contributed by atoms with Crippen molar-refractivity contribution in [2.24, 2.45) is 0 Å². The summed E-state index contributed by atoms with van der Waals surface area (Å²) >= 11 is 3.81. The van der Waals surface area contributed by atoms with Crippen LogP contribution in [0.3, 0.4) is 0 Å². The zero-order valence-corrected chi connectivity index (χ0v) is 11.8. The van der Waals surface area contributed by atoms with E-state index in [0.29, 0.717) is 3.57 Å². The van der Waals surface area contributed by atoms with Crippen molar-refractivity contribution < 1.29 is 14.5 Å². The molecule has 0 aliphatic carbocycles. The number of nitro groups is 1. The van der Waals surface area contributed by atoms with E-state index >= 15 is 0 Å². The first-order chi connectivity index (χ1) is 6.97. The number of esters is 1. The molecule has 0 atom stereocenters. The lowest BCUT2D eigenvalue weighted by atomic mass is 10.2. The number of nitro benzene ring substituents is 1. The molecule has 0 aliphatic rings. The molecule has 0 spiro atoms. The van der Waals surface area contributed by atoms with Gasteiger partial charge in [0.05, 0.1) is 15.6 Å². The Morgan fingerprint density at radius 2 is 2.07 bits per heavy atom. The number of carbonyl (C=O) groups is 1. The van der Waals surface area contributed by atoms with Gasteiger partial charge in [-0.3, -0.25) is 10.1 Å². The summed E-state index contributed by atoms with van der Waals surface area (Å²) in [4.78, 5) is 21.5. The summed E-state index contributed by atoms with van der Waals surface area (Å²) in [6.07, 6.45) is 0. The molecule has 0 fully saturated rings. The molecule has 0 aliphatic heterocycles. The standard InChI is InChI=1S/C8H5I2NO4/c1-15-8(12)5-2-4(9)3-6(10)7(5)11(13)14/h2-3H,1H3. The van der Waals surface area contributed by atoms with Gasteiger partial charge < -0.3 is 4.74 Å². The average Bonchev–Trinajstić information content (AvgIpc) is 2.14. The largest absolute Gasteiger partial charge is 0.465 e. The Labute approximate surface area is 113 Å². The van der Waals surface area contributed by atoms with E-state index in [2.05, 4.69) is 4.74 Å². The smallest absolute Gasteiger partial charge is 0.344 e. The van der Waals surface area contributed by atoms with Crippen molar-refractivity contribution in [3.8, 4) is 0 Å². The Hall–Kier alpha value is -0.450. The number of hydrogen-bond donors (Lipinski definition) is 0. The van der Waals surface area contributed by atoms with E-state index in [9.17, 15) is 14.9 Å². The number of nitrogens with zero attached hydrogens (tertiary/aromatic N) is 1. The van der Waals surface area contributed by atoms with Crippen LogP contribution in [0.25, 0.3) is 0 Å². The summed E-state index contributed by atoms with van der Waals surface area (Å²) in [6, 6.07) is 3.07. The van der Waals surface area contributed by atoms with Crippen molar-refractivity contribution in [1.82, 2.24) is 0 Å². The third-order valence-corrected chi connectivity index (χ3v) is 3.06. The second-order valence-electron chi connectivity index (χ2n) is 2.53. The molecule has 5 nitrogen and oxygen atoms in total. The summed E-state index contributed by atoms with van der Waals surface area (Å²) in [6.45, 7) is 0. The van der Waals surface area contributed by atoms with Crippen molar-refractivity contribution in [2.75, 3.05) is 7.11 Å². The topological polar surface area (TPSA) is 69.4 Å². The number of rotatable bonds is 2. The maximum absolute atomic E-state index is 11.3. The summed E-state index contributed by atoms with van der Waals surface area (Å²) in [7, 11) is 1.19. The van der Waals surface area contributed by atoms with E-state index in [1.165, 1.54) is 13.2 Å². The number of halogens is 2. The molecular weight excluding hydrogens is 428 g/mol. The SMILES string of the molecule is COC(=O)c1cc(I)cc(I)c1[N+](=O)[O-]. The Bertz CT molecular complexity index is 433. The summed E-state index contributed by atoms with van der Waals surface area (Å²) < 4.78 is 5.66. The molecule has 0 saturated carbocycles. The molecule has 80 valence electrons. The minimum Gasteiger partial charge on any atom is -0.465 e. The molecular formula is C8H5I2NO4. The van der Waals surface area contributed by atoms with Crippen LogP contribution in [0.1, 0.15) is 10.4 Å². The highest BCUT2D eigenvalue weighted by Gasteiger charge is 2.24. The predicted octanol–water partition coefficient (Wildman–Crippen LogP) is 2.59. The first-order valence-corrected chi connectivity index (χ1v) is 5.85. The zero-order valence-electron chi connectivity index (χ0n) is 7.49. The van der Waals surface area contributed by atoms with Crippen molar-refractivity contribution in [2.45, 2.75) is 0 Å². The molecule has 0 aromatic heterocycles. The van der Waals surface area contributed by atoms with Crippen molar-refractivity contribution in [1.29, 1.82) is 0 Å². The van der Waals surface area contributed by atoms with Crippen LogP contribution in [0.2, 0.25) is 0 Å². The van der Waals surface area contributed by atoms with Gasteiger partial charge in [-0.2, -0.15) is 0 Å². The Kier molecular flexibility index (Phi) is 4.25. The van der Waals surface area contributed by atoms with Crippen LogP contribution in [-0.4, -0.2) is 18.0 Å². The molecule has 0 saturated heterocycles. The molecule has 1 aromatic rings. The van der Waals surface area contributed by atoms with Crippen LogP contribution < -0.4 is 0 Å². The van der Waals surface area contributed by atoms with Crippen LogP contribution >= 0.6 is 45.2 Å². The Morgan fingerprint density at radius 3 is 2.53 bits per heavy atom. The summed E-state index contributed by atoms with van der Waals surface area (Å²) in [5, 5.41) is 10.8. The lowest BCUT2D eigenvalue weighted by Crippen LogP contribution is -2.07. The lowest BCUT2D eigenvalue weighted by molar-refractivity contribution is -0.386. The van der Waals surface area contributed by atoms with E-state index in [0.717, 1.165) is 3.57 Å². The number of ether oxygens (including phenoxy) is 1. The van der Waals surface area contributed by atoms with Gasteiger partial charge in [0.15, 0.2) is 0 Å². The fourth-order valence-corrected chi connectivity index (χ4v) is 3.06. The maximum atomic E-state index is 11.3. The lowest BCUT2D eigenvalue weighted by Gasteiger charge is -2.03. The Morgan fingerprint density at radius 1 is 1.47 bits per heavy atom. The van der Waals surface area contributed by atoms with Gasteiger partial charge in [0.25, 0.3) is 5.69 Å². The highest BCUT2D eigenvalue weighted by molar-refractivity contribution is 14.1. The second kappa shape index (κ2) is 5.05. The molecule has 15 heavy (non-hydrogen) atoms. The number of methoxy groups -OCH3 is 1. The van der Waals surface area contributed by atoms with Gasteiger partial charge in [0, 0.05) is 3.57 Å². The maximum Gasteiger partial charge on any atom is 0.344 e. The first-order valence-electron chi connectivity index (χ1n) is 3.69. The van der Waals surface area contributed by atoms with Crippen molar-refractivity contribution in [3.05, 3.63) is 35.0 Å². The van der Waals surface area contributed by atoms with Gasteiger partial charge in [-0.05, 0) is 57.3 Å². The molecule has 1 rings (SSSR count). The fraction of sp³-hybridized carbons (Fsp3) is 0.125. The van der Waals surface area contributed by atoms with E-state index < -0.39 is 10.9 Å². The van der Waals surface area contributed by atoms with Gasteiger partial charge in [0.1, 0.15) is 5.56 Å². The minimum atomic E-state index is -0.696. The quantitative estimate of drug-likeness (QED) is 0.312. The number of hydrogen-bond acceptors (Lipinski definition) is 4. The van der Waals surface area contributed by atoms with Crippen LogP contribution in [0.4, 0.5) is 5.69 Å². The van der Waals surface area contributed by atoms with Crippen LogP contribution in [0, 0.1) is 17.3 Å². The molecule has 0 radical (unpaired) electrons. The van der Waals surface area contributed by atoms with Crippen molar-refractivity contribution in [3.63, 3.8) is 0 Å². The normalized spacial score (nSPS) is 9.80. The summed E-state index contributed by atoms with van der Waals surface area (Å²) in [5.41, 5.74) is -0.221. The molecule has 1 aromatic carbocycles. The predicted molar refractivity (Wildman–Crippen MR) is 69.9 cm³/mol. The summed E-state index contributed by atoms with van der Waals surface area (Å²) in [5.74, 6) is -0.696. The van der Waals surface area contributed by atoms with E-state index in [1.54, 1.807) is 6.07 Å². The van der Waals surface area contributed by atoms with Crippen molar-refractivity contribution >= 4 is 56.8 Å². The molecule has 7 heteroatoms. The van der Waals surface area contributed by atoms with E-state index in [-0.39, 0.29) is 11.3 Å². The second-order valence-corrected chi connectivity index (χ2v) is 4.94. The third-order valence-electron chi connectivity index (χ3n) is 1.62. The van der Waals surface area contributed by atoms with Gasteiger partial charge in [-0.15, -0.1) is 0 Å². The molecule has 0 amide bonds. The minimum absolute atomic E-state index is 0.0150. The van der Waals surface area contributed by atoms with Gasteiger partial charge in [-0.25, -0.2) is 4.79 Å². The first kappa shape index (κ1) is 12.6. The van der Waals surface area contributed by atoms with E-state index in [1.807, 2.05) is 45.2 Å². The van der Waals surface area contributed by atoms with Gasteiger partial charge in [-0.1, -0.05) is 0 Å². The van der Waals surface area contributed by atoms with Gasteiger partial charge in [0.2, 0.25) is 0 Å². The molecule has 0 N–H and O–H groups in total. The Balaban J connectivity index is 3.46. The van der Waals surface area contributed by atoms with Crippen LogP contribution in [-0.2, 0) is 4.74 Å². The monoisotopic (exact) mass is 433 g/mol. The fourth-order valence-electron chi connectivity index (χ4n) is 1.02. The van der Waals surface area contributed by atoms with Crippen LogP contribution in [0.15, 0.2) is 12.1 Å². The van der Waals surface area contributed by atoms with Crippen LogP contribution in [0.5, 0.6) is 0 Å². The molecule has 0 bridgehead atoms. The average molecular weight is 433 g/mol. The van der Waals surface area contributed by atoms with E-state index in [4.69, 9.17) is 0 Å². The highest BCUT2D eigenvalue weighted by Crippen LogP contribution is 2.28. The number of carbonyl (C=O) groups excluding carboxylic acids is 1.